The number of fused-ring (bicyclic) bond motifs is 1. The van der Waals surface area contributed by atoms with Crippen LogP contribution in [-0.4, -0.2) is 9.97 Å². The maximum absolute atomic E-state index is 5.88. The lowest BCUT2D eigenvalue weighted by molar-refractivity contribution is 1.37. The number of hydrogen-bond donors (Lipinski definition) is 1. The van der Waals surface area contributed by atoms with E-state index in [4.69, 9.17) is 5.73 Å². The second-order valence-electron chi connectivity index (χ2n) is 3.09. The van der Waals surface area contributed by atoms with Crippen LogP contribution in [0.25, 0.3) is 21.3 Å². The molecule has 3 heterocycles. The summed E-state index contributed by atoms with van der Waals surface area (Å²) < 4.78 is 1.16. The largest absolute Gasteiger partial charge is 0.383 e. The van der Waals surface area contributed by atoms with Crippen molar-refractivity contribution in [2.75, 3.05) is 5.73 Å². The third-order valence-corrected chi connectivity index (χ3v) is 3.76. The van der Waals surface area contributed by atoms with Crippen LogP contribution in [0.5, 0.6) is 0 Å². The molecule has 3 rings (SSSR count). The van der Waals surface area contributed by atoms with Crippen molar-refractivity contribution in [3.05, 3.63) is 28.5 Å². The van der Waals surface area contributed by atoms with Gasteiger partial charge in [0, 0.05) is 32.6 Å². The van der Waals surface area contributed by atoms with Crippen LogP contribution in [0.1, 0.15) is 0 Å². The summed E-state index contributed by atoms with van der Waals surface area (Å²) in [4.78, 5) is 8.40. The summed E-state index contributed by atoms with van der Waals surface area (Å²) in [6, 6.07) is 1.98. The normalized spacial score (nSPS) is 10.9. The van der Waals surface area contributed by atoms with E-state index in [9.17, 15) is 0 Å². The van der Waals surface area contributed by atoms with Crippen LogP contribution in [0.2, 0.25) is 0 Å². The van der Waals surface area contributed by atoms with E-state index in [1.54, 1.807) is 28.9 Å². The topological polar surface area (TPSA) is 51.8 Å². The highest BCUT2D eigenvalue weighted by molar-refractivity contribution is 7.18. The molecule has 0 unspecified atom stereocenters. The molecule has 74 valence electrons. The van der Waals surface area contributed by atoms with Crippen LogP contribution in [-0.2, 0) is 0 Å². The van der Waals surface area contributed by atoms with Gasteiger partial charge in [0.2, 0.25) is 0 Å². The fourth-order valence-electron chi connectivity index (χ4n) is 1.54. The van der Waals surface area contributed by atoms with E-state index in [0.717, 1.165) is 21.3 Å². The molecule has 0 fully saturated rings. The number of nitrogens with two attached hydrogens (primary N) is 1. The Balaban J connectivity index is 2.37. The van der Waals surface area contributed by atoms with Crippen LogP contribution in [0.15, 0.2) is 28.5 Å². The molecule has 0 spiro atoms. The molecule has 0 aliphatic heterocycles. The number of hydrogen-bond acceptors (Lipinski definition) is 5. The van der Waals surface area contributed by atoms with Gasteiger partial charge in [-0.15, -0.1) is 22.7 Å². The predicted octanol–water partition coefficient (Wildman–Crippen LogP) is 3.00. The van der Waals surface area contributed by atoms with Crippen molar-refractivity contribution < 1.29 is 0 Å². The molecule has 0 atom stereocenters. The lowest BCUT2D eigenvalue weighted by Gasteiger charge is -1.97. The number of anilines is 1. The molecule has 0 amide bonds. The van der Waals surface area contributed by atoms with Crippen LogP contribution >= 0.6 is 22.7 Å². The van der Waals surface area contributed by atoms with Gasteiger partial charge in [-0.1, -0.05) is 0 Å². The van der Waals surface area contributed by atoms with Crippen molar-refractivity contribution >= 4 is 38.6 Å². The predicted molar refractivity (Wildman–Crippen MR) is 65.1 cm³/mol. The SMILES string of the molecule is Nc1nccc2scc(-c3cscn3)c12. The van der Waals surface area contributed by atoms with E-state index in [2.05, 4.69) is 15.3 Å². The van der Waals surface area contributed by atoms with Gasteiger partial charge in [-0.2, -0.15) is 0 Å². The Morgan fingerprint density at radius 3 is 2.93 bits per heavy atom. The highest BCUT2D eigenvalue weighted by Crippen LogP contribution is 2.35. The zero-order chi connectivity index (χ0) is 10.3. The lowest BCUT2D eigenvalue weighted by atomic mass is 10.1. The summed E-state index contributed by atoms with van der Waals surface area (Å²) in [5.41, 5.74) is 9.77. The molecule has 0 saturated heterocycles. The van der Waals surface area contributed by atoms with Gasteiger partial charge in [0.25, 0.3) is 0 Å². The van der Waals surface area contributed by atoms with Crippen molar-refractivity contribution in [1.82, 2.24) is 9.97 Å². The Morgan fingerprint density at radius 2 is 2.13 bits per heavy atom. The summed E-state index contributed by atoms with van der Waals surface area (Å²) >= 11 is 3.26. The average molecular weight is 233 g/mol. The van der Waals surface area contributed by atoms with Crippen LogP contribution < -0.4 is 5.73 Å². The first-order valence-corrected chi connectivity index (χ1v) is 6.19. The molecular weight excluding hydrogens is 226 g/mol. The van der Waals surface area contributed by atoms with Gasteiger partial charge in [-0.05, 0) is 6.07 Å². The van der Waals surface area contributed by atoms with Crippen molar-refractivity contribution in [2.24, 2.45) is 0 Å². The summed E-state index contributed by atoms with van der Waals surface area (Å²) in [5, 5.41) is 5.12. The molecule has 3 nitrogen and oxygen atoms in total. The highest BCUT2D eigenvalue weighted by atomic mass is 32.1. The molecule has 15 heavy (non-hydrogen) atoms. The standard InChI is InChI=1S/C10H7N3S2/c11-10-9-6(7-4-14-5-13-7)3-15-8(9)1-2-12-10/h1-5H,(H2,11,12). The van der Waals surface area contributed by atoms with Crippen molar-refractivity contribution in [2.45, 2.75) is 0 Å². The van der Waals surface area contributed by atoms with Gasteiger partial charge >= 0.3 is 0 Å². The quantitative estimate of drug-likeness (QED) is 0.703. The van der Waals surface area contributed by atoms with E-state index in [0.29, 0.717) is 5.82 Å². The molecule has 0 saturated carbocycles. The number of thiazole rings is 1. The number of rotatable bonds is 1. The van der Waals surface area contributed by atoms with Crippen LogP contribution in [0.3, 0.4) is 0 Å². The smallest absolute Gasteiger partial charge is 0.132 e. The Morgan fingerprint density at radius 1 is 1.20 bits per heavy atom. The van der Waals surface area contributed by atoms with Gasteiger partial charge in [-0.3, -0.25) is 0 Å². The number of pyridine rings is 1. The molecule has 0 aromatic carbocycles. The Kier molecular flexibility index (Phi) is 1.93. The lowest BCUT2D eigenvalue weighted by Crippen LogP contribution is -1.89. The van der Waals surface area contributed by atoms with Crippen LogP contribution in [0, 0.1) is 0 Å². The molecule has 3 aromatic rings. The molecule has 5 heteroatoms. The minimum atomic E-state index is 0.580. The number of nitrogen functional groups attached to an aromatic ring is 1. The first-order valence-electron chi connectivity index (χ1n) is 4.36. The Bertz CT molecular complexity index is 598. The van der Waals surface area contributed by atoms with Crippen LogP contribution in [0.4, 0.5) is 5.82 Å². The summed E-state index contributed by atoms with van der Waals surface area (Å²) in [5.74, 6) is 0.580. The molecular formula is C10H7N3S2. The highest BCUT2D eigenvalue weighted by Gasteiger charge is 2.10. The molecule has 0 bridgehead atoms. The van der Waals surface area contributed by atoms with Crippen molar-refractivity contribution in [3.63, 3.8) is 0 Å². The van der Waals surface area contributed by atoms with E-state index < -0.39 is 0 Å². The number of thiophene rings is 1. The van der Waals surface area contributed by atoms with Crippen molar-refractivity contribution in [1.29, 1.82) is 0 Å². The van der Waals surface area contributed by atoms with Crippen molar-refractivity contribution in [3.8, 4) is 11.3 Å². The maximum atomic E-state index is 5.88. The van der Waals surface area contributed by atoms with Gasteiger partial charge < -0.3 is 5.73 Å². The Hall–Kier alpha value is -1.46. The van der Waals surface area contributed by atoms with E-state index in [1.807, 2.05) is 17.0 Å². The van der Waals surface area contributed by atoms with E-state index in [-0.39, 0.29) is 0 Å². The molecule has 0 aliphatic rings. The second-order valence-corrected chi connectivity index (χ2v) is 4.72. The Labute approximate surface area is 94.2 Å². The maximum Gasteiger partial charge on any atom is 0.132 e. The first kappa shape index (κ1) is 8.82. The minimum absolute atomic E-state index is 0.580. The van der Waals surface area contributed by atoms with E-state index >= 15 is 0 Å². The zero-order valence-electron chi connectivity index (χ0n) is 7.68. The average Bonchev–Trinajstić information content (AvgIpc) is 2.85. The molecule has 3 aromatic heterocycles. The fourth-order valence-corrected chi connectivity index (χ4v) is 3.05. The first-order chi connectivity index (χ1) is 7.36. The van der Waals surface area contributed by atoms with Gasteiger partial charge in [0.1, 0.15) is 5.82 Å². The minimum Gasteiger partial charge on any atom is -0.383 e. The third-order valence-electron chi connectivity index (χ3n) is 2.22. The molecule has 0 radical (unpaired) electrons. The van der Waals surface area contributed by atoms with Gasteiger partial charge in [0.05, 0.1) is 11.2 Å². The number of aromatic nitrogens is 2. The third kappa shape index (κ3) is 1.32. The second kappa shape index (κ2) is 3.29. The summed E-state index contributed by atoms with van der Waals surface area (Å²) in [7, 11) is 0. The van der Waals surface area contributed by atoms with Gasteiger partial charge in [-0.25, -0.2) is 9.97 Å². The molecule has 2 N–H and O–H groups in total. The van der Waals surface area contributed by atoms with Gasteiger partial charge in [0.15, 0.2) is 0 Å². The fraction of sp³-hybridized carbons (Fsp3) is 0. The van der Waals surface area contributed by atoms with E-state index in [1.165, 1.54) is 0 Å². The summed E-state index contributed by atoms with van der Waals surface area (Å²) in [6.07, 6.45) is 1.74. The number of nitrogens with zero attached hydrogens (tertiary/aromatic N) is 2. The monoisotopic (exact) mass is 233 g/mol. The zero-order valence-corrected chi connectivity index (χ0v) is 9.31. The summed E-state index contributed by atoms with van der Waals surface area (Å²) in [6.45, 7) is 0. The molecule has 0 aliphatic carbocycles.